The van der Waals surface area contributed by atoms with Crippen LogP contribution >= 0.6 is 0 Å². The van der Waals surface area contributed by atoms with Crippen molar-refractivity contribution in [1.29, 1.82) is 0 Å². The fourth-order valence-electron chi connectivity index (χ4n) is 1.41. The quantitative estimate of drug-likeness (QED) is 0.853. The van der Waals surface area contributed by atoms with Crippen LogP contribution in [0.2, 0.25) is 0 Å². The van der Waals surface area contributed by atoms with E-state index in [0.29, 0.717) is 5.69 Å². The van der Waals surface area contributed by atoms with E-state index in [1.807, 2.05) is 6.92 Å². The molecule has 7 heteroatoms. The van der Waals surface area contributed by atoms with Crippen molar-refractivity contribution >= 4 is 11.7 Å². The number of carbonyl (C=O) groups is 1. The monoisotopic (exact) mass is 261 g/mol. The van der Waals surface area contributed by atoms with Crippen molar-refractivity contribution in [2.24, 2.45) is 0 Å². The van der Waals surface area contributed by atoms with Crippen molar-refractivity contribution in [3.63, 3.8) is 0 Å². The maximum absolute atomic E-state index is 13.6. The summed E-state index contributed by atoms with van der Waals surface area (Å²) in [6.07, 6.45) is 4.42. The second-order valence-electron chi connectivity index (χ2n) is 3.89. The van der Waals surface area contributed by atoms with E-state index in [4.69, 9.17) is 5.73 Å². The van der Waals surface area contributed by atoms with Crippen molar-refractivity contribution < 1.29 is 9.18 Å². The standard InChI is InChI=1S/C12H12FN5O/c1-7-4-17-8(5-16-7)6-18-12(19)9-2-3-15-11(14)10(9)13/h2-5H,6H2,1H3,(H2,14,15)(H,18,19). The van der Waals surface area contributed by atoms with Crippen LogP contribution in [0.1, 0.15) is 21.7 Å². The number of aryl methyl sites for hydroxylation is 1. The molecule has 0 saturated carbocycles. The number of nitrogens with two attached hydrogens (primary N) is 1. The number of hydrogen-bond acceptors (Lipinski definition) is 5. The molecule has 0 aromatic carbocycles. The van der Waals surface area contributed by atoms with Gasteiger partial charge in [0.05, 0.1) is 29.7 Å². The van der Waals surface area contributed by atoms with E-state index in [9.17, 15) is 9.18 Å². The Morgan fingerprint density at radius 1 is 1.37 bits per heavy atom. The van der Waals surface area contributed by atoms with Crippen LogP contribution in [0, 0.1) is 12.7 Å². The van der Waals surface area contributed by atoms with Gasteiger partial charge in [-0.15, -0.1) is 0 Å². The number of pyridine rings is 1. The lowest BCUT2D eigenvalue weighted by molar-refractivity contribution is 0.0946. The molecule has 0 saturated heterocycles. The van der Waals surface area contributed by atoms with Gasteiger partial charge in [0.1, 0.15) is 0 Å². The molecule has 2 aromatic heterocycles. The number of hydrogen-bond donors (Lipinski definition) is 2. The van der Waals surface area contributed by atoms with E-state index in [1.165, 1.54) is 12.3 Å². The van der Waals surface area contributed by atoms with Crippen LogP contribution in [0.4, 0.5) is 10.2 Å². The molecule has 0 radical (unpaired) electrons. The van der Waals surface area contributed by atoms with Gasteiger partial charge in [0.2, 0.25) is 0 Å². The van der Waals surface area contributed by atoms with Gasteiger partial charge in [-0.3, -0.25) is 14.8 Å². The maximum Gasteiger partial charge on any atom is 0.254 e. The molecule has 0 aliphatic rings. The molecule has 98 valence electrons. The highest BCUT2D eigenvalue weighted by Crippen LogP contribution is 2.11. The zero-order valence-electron chi connectivity index (χ0n) is 10.2. The highest BCUT2D eigenvalue weighted by molar-refractivity contribution is 5.94. The third-order valence-corrected chi connectivity index (χ3v) is 2.43. The number of halogens is 1. The molecule has 0 bridgehead atoms. The van der Waals surface area contributed by atoms with Crippen molar-refractivity contribution in [3.05, 3.63) is 47.4 Å². The first kappa shape index (κ1) is 12.9. The summed E-state index contributed by atoms with van der Waals surface area (Å²) in [4.78, 5) is 23.4. The number of anilines is 1. The van der Waals surface area contributed by atoms with Crippen LogP contribution in [-0.4, -0.2) is 20.9 Å². The average Bonchev–Trinajstić information content (AvgIpc) is 2.41. The second kappa shape index (κ2) is 5.38. The topological polar surface area (TPSA) is 93.8 Å². The zero-order valence-corrected chi connectivity index (χ0v) is 10.2. The highest BCUT2D eigenvalue weighted by Gasteiger charge is 2.14. The molecule has 0 spiro atoms. The first-order valence-electron chi connectivity index (χ1n) is 5.53. The maximum atomic E-state index is 13.6. The Labute approximate surface area is 108 Å². The zero-order chi connectivity index (χ0) is 13.8. The number of nitrogen functional groups attached to an aromatic ring is 1. The normalized spacial score (nSPS) is 10.2. The first-order chi connectivity index (χ1) is 9.08. The van der Waals surface area contributed by atoms with Crippen LogP contribution in [0.3, 0.4) is 0 Å². The number of nitrogens with one attached hydrogen (secondary N) is 1. The largest absolute Gasteiger partial charge is 0.381 e. The van der Waals surface area contributed by atoms with Crippen molar-refractivity contribution in [2.45, 2.75) is 13.5 Å². The number of carbonyl (C=O) groups excluding carboxylic acids is 1. The van der Waals surface area contributed by atoms with E-state index in [0.717, 1.165) is 5.69 Å². The summed E-state index contributed by atoms with van der Waals surface area (Å²) in [5.41, 5.74) is 6.51. The van der Waals surface area contributed by atoms with Gasteiger partial charge in [-0.05, 0) is 13.0 Å². The number of aromatic nitrogens is 3. The molecule has 0 unspecified atom stereocenters. The van der Waals surface area contributed by atoms with Gasteiger partial charge >= 0.3 is 0 Å². The van der Waals surface area contributed by atoms with Crippen LogP contribution in [0.15, 0.2) is 24.7 Å². The predicted molar refractivity (Wildman–Crippen MR) is 66.5 cm³/mol. The SMILES string of the molecule is Cc1cnc(CNC(=O)c2ccnc(N)c2F)cn1. The summed E-state index contributed by atoms with van der Waals surface area (Å²) in [7, 11) is 0. The molecule has 19 heavy (non-hydrogen) atoms. The molecule has 6 nitrogen and oxygen atoms in total. The first-order valence-corrected chi connectivity index (χ1v) is 5.53. The molecule has 0 aliphatic carbocycles. The summed E-state index contributed by atoms with van der Waals surface area (Å²) in [6, 6.07) is 1.27. The van der Waals surface area contributed by atoms with Crippen molar-refractivity contribution in [1.82, 2.24) is 20.3 Å². The number of nitrogens with zero attached hydrogens (tertiary/aromatic N) is 3. The minimum Gasteiger partial charge on any atom is -0.381 e. The molecule has 0 fully saturated rings. The van der Waals surface area contributed by atoms with Gasteiger partial charge in [0.25, 0.3) is 5.91 Å². The molecular weight excluding hydrogens is 249 g/mol. The third kappa shape index (κ3) is 3.01. The van der Waals surface area contributed by atoms with Crippen LogP contribution in [0.25, 0.3) is 0 Å². The summed E-state index contributed by atoms with van der Waals surface area (Å²) in [5.74, 6) is -1.70. The lowest BCUT2D eigenvalue weighted by atomic mass is 10.2. The van der Waals surface area contributed by atoms with E-state index < -0.39 is 11.7 Å². The van der Waals surface area contributed by atoms with Crippen molar-refractivity contribution in [3.8, 4) is 0 Å². The molecule has 2 heterocycles. The summed E-state index contributed by atoms with van der Waals surface area (Å²) in [6.45, 7) is 1.97. The summed E-state index contributed by atoms with van der Waals surface area (Å²) in [5, 5.41) is 2.54. The Balaban J connectivity index is 2.05. The molecular formula is C12H12FN5O. The highest BCUT2D eigenvalue weighted by atomic mass is 19.1. The summed E-state index contributed by atoms with van der Waals surface area (Å²) < 4.78 is 13.6. The second-order valence-corrected chi connectivity index (χ2v) is 3.89. The molecule has 2 aromatic rings. The summed E-state index contributed by atoms with van der Waals surface area (Å²) >= 11 is 0. The van der Waals surface area contributed by atoms with Crippen LogP contribution < -0.4 is 11.1 Å². The van der Waals surface area contributed by atoms with Gasteiger partial charge in [0.15, 0.2) is 11.6 Å². The van der Waals surface area contributed by atoms with Gasteiger partial charge in [-0.2, -0.15) is 0 Å². The van der Waals surface area contributed by atoms with Gasteiger partial charge in [-0.1, -0.05) is 0 Å². The minimum atomic E-state index is -0.824. The lowest BCUT2D eigenvalue weighted by Gasteiger charge is -2.06. The molecule has 2 rings (SSSR count). The van der Waals surface area contributed by atoms with E-state index >= 15 is 0 Å². The average molecular weight is 261 g/mol. The Morgan fingerprint density at radius 2 is 2.16 bits per heavy atom. The number of rotatable bonds is 3. The Kier molecular flexibility index (Phi) is 3.65. The Morgan fingerprint density at radius 3 is 2.84 bits per heavy atom. The minimum absolute atomic E-state index is 0.146. The number of amides is 1. The fraction of sp³-hybridized carbons (Fsp3) is 0.167. The Hall–Kier alpha value is -2.57. The fourth-order valence-corrected chi connectivity index (χ4v) is 1.41. The van der Waals surface area contributed by atoms with Crippen molar-refractivity contribution in [2.75, 3.05) is 5.73 Å². The molecule has 0 atom stereocenters. The smallest absolute Gasteiger partial charge is 0.254 e. The lowest BCUT2D eigenvalue weighted by Crippen LogP contribution is -2.25. The van der Waals surface area contributed by atoms with E-state index in [2.05, 4.69) is 20.3 Å². The van der Waals surface area contributed by atoms with Gasteiger partial charge in [-0.25, -0.2) is 9.37 Å². The van der Waals surface area contributed by atoms with Gasteiger partial charge < -0.3 is 11.1 Å². The Bertz CT molecular complexity index is 600. The molecule has 3 N–H and O–H groups in total. The molecule has 1 amide bonds. The molecule has 0 aliphatic heterocycles. The van der Waals surface area contributed by atoms with Crippen LogP contribution in [0.5, 0.6) is 0 Å². The predicted octanol–water partition coefficient (Wildman–Crippen LogP) is 0.831. The van der Waals surface area contributed by atoms with E-state index in [-0.39, 0.29) is 17.9 Å². The van der Waals surface area contributed by atoms with Crippen LogP contribution in [-0.2, 0) is 6.54 Å². The van der Waals surface area contributed by atoms with E-state index in [1.54, 1.807) is 12.4 Å². The van der Waals surface area contributed by atoms with Gasteiger partial charge in [0, 0.05) is 12.4 Å². The third-order valence-electron chi connectivity index (χ3n) is 2.43.